The molecule has 0 aromatic rings. The van der Waals surface area contributed by atoms with E-state index in [2.05, 4.69) is 0 Å². The van der Waals surface area contributed by atoms with Crippen molar-refractivity contribution in [2.75, 3.05) is 32.9 Å². The van der Waals surface area contributed by atoms with Crippen LogP contribution in [0.5, 0.6) is 0 Å². The van der Waals surface area contributed by atoms with Gasteiger partial charge in [-0.15, -0.1) is 0 Å². The minimum Gasteiger partial charge on any atom is -0.479 e. The van der Waals surface area contributed by atoms with Crippen LogP contribution >= 0.6 is 0 Å². The second kappa shape index (κ2) is 5.46. The molecule has 1 amide bonds. The summed E-state index contributed by atoms with van der Waals surface area (Å²) in [6.07, 6.45) is 0.828. The summed E-state index contributed by atoms with van der Waals surface area (Å²) >= 11 is 0. The molecule has 96 valence electrons. The van der Waals surface area contributed by atoms with Gasteiger partial charge in [0.1, 0.15) is 0 Å². The molecule has 0 aromatic carbocycles. The quantitative estimate of drug-likeness (QED) is 0.722. The van der Waals surface area contributed by atoms with E-state index in [0.29, 0.717) is 19.8 Å². The molecule has 2 aliphatic heterocycles. The number of rotatable bonds is 2. The standard InChI is InChI=1S/C11H17NO5/c13-10(8-2-1-4-16-7-8)12-3-5-17-9(6-12)11(14)15/h8-9H,1-7H2,(H,14,15)/t8-,9-/m1/s1. The predicted octanol–water partition coefficient (Wildman–Crippen LogP) is -0.275. The molecule has 2 rings (SSSR count). The van der Waals surface area contributed by atoms with Crippen LogP contribution in [0.25, 0.3) is 0 Å². The zero-order valence-corrected chi connectivity index (χ0v) is 9.63. The van der Waals surface area contributed by atoms with Crippen molar-refractivity contribution in [2.24, 2.45) is 5.92 Å². The van der Waals surface area contributed by atoms with E-state index in [0.717, 1.165) is 12.8 Å². The first-order valence-corrected chi connectivity index (χ1v) is 5.89. The van der Waals surface area contributed by atoms with Gasteiger partial charge in [-0.05, 0) is 12.8 Å². The lowest BCUT2D eigenvalue weighted by atomic mass is 10.0. The summed E-state index contributed by atoms with van der Waals surface area (Å²) in [6.45, 7) is 2.07. The highest BCUT2D eigenvalue weighted by Gasteiger charge is 2.33. The lowest BCUT2D eigenvalue weighted by Gasteiger charge is -2.34. The number of carboxylic acids is 1. The van der Waals surface area contributed by atoms with Gasteiger partial charge in [0, 0.05) is 13.2 Å². The Bertz CT molecular complexity index is 300. The van der Waals surface area contributed by atoms with Gasteiger partial charge >= 0.3 is 5.97 Å². The second-order valence-corrected chi connectivity index (χ2v) is 4.40. The van der Waals surface area contributed by atoms with Crippen LogP contribution in [0.2, 0.25) is 0 Å². The van der Waals surface area contributed by atoms with Gasteiger partial charge in [0.2, 0.25) is 5.91 Å². The van der Waals surface area contributed by atoms with Crippen molar-refractivity contribution in [3.8, 4) is 0 Å². The zero-order chi connectivity index (χ0) is 12.3. The van der Waals surface area contributed by atoms with Crippen molar-refractivity contribution >= 4 is 11.9 Å². The highest BCUT2D eigenvalue weighted by molar-refractivity contribution is 5.80. The third-order valence-corrected chi connectivity index (χ3v) is 3.16. The predicted molar refractivity (Wildman–Crippen MR) is 57.5 cm³/mol. The third kappa shape index (κ3) is 2.95. The van der Waals surface area contributed by atoms with E-state index in [1.165, 1.54) is 0 Å². The molecule has 6 heteroatoms. The summed E-state index contributed by atoms with van der Waals surface area (Å²) in [6, 6.07) is 0. The Kier molecular flexibility index (Phi) is 3.96. The molecule has 17 heavy (non-hydrogen) atoms. The number of amides is 1. The normalized spacial score (nSPS) is 30.0. The molecular weight excluding hydrogens is 226 g/mol. The van der Waals surface area contributed by atoms with E-state index >= 15 is 0 Å². The lowest BCUT2D eigenvalue weighted by Crippen LogP contribution is -2.51. The first-order valence-electron chi connectivity index (χ1n) is 5.89. The van der Waals surface area contributed by atoms with Crippen molar-refractivity contribution in [1.82, 2.24) is 4.90 Å². The largest absolute Gasteiger partial charge is 0.479 e. The van der Waals surface area contributed by atoms with Crippen molar-refractivity contribution in [3.63, 3.8) is 0 Å². The summed E-state index contributed by atoms with van der Waals surface area (Å²) in [7, 11) is 0. The zero-order valence-electron chi connectivity index (χ0n) is 9.63. The fraction of sp³-hybridized carbons (Fsp3) is 0.818. The van der Waals surface area contributed by atoms with Crippen LogP contribution in [0, 0.1) is 5.92 Å². The van der Waals surface area contributed by atoms with E-state index in [9.17, 15) is 9.59 Å². The molecule has 0 bridgehead atoms. The van der Waals surface area contributed by atoms with Gasteiger partial charge in [-0.25, -0.2) is 4.79 Å². The summed E-state index contributed by atoms with van der Waals surface area (Å²) in [5.74, 6) is -1.13. The molecule has 0 spiro atoms. The molecule has 2 heterocycles. The number of carboxylic acid groups (broad SMARTS) is 1. The number of carbonyl (C=O) groups excluding carboxylic acids is 1. The Morgan fingerprint density at radius 2 is 2.12 bits per heavy atom. The average Bonchev–Trinajstić information content (AvgIpc) is 2.39. The molecule has 2 atom stereocenters. The fourth-order valence-corrected chi connectivity index (χ4v) is 2.19. The molecule has 0 unspecified atom stereocenters. The number of carbonyl (C=O) groups is 2. The molecule has 2 fully saturated rings. The van der Waals surface area contributed by atoms with Crippen molar-refractivity contribution in [3.05, 3.63) is 0 Å². The first kappa shape index (κ1) is 12.3. The van der Waals surface area contributed by atoms with Crippen molar-refractivity contribution < 1.29 is 24.2 Å². The van der Waals surface area contributed by atoms with Crippen LogP contribution in [0.4, 0.5) is 0 Å². The molecule has 2 aliphatic rings. The summed E-state index contributed by atoms with van der Waals surface area (Å²) in [5, 5.41) is 8.86. The molecule has 2 saturated heterocycles. The van der Waals surface area contributed by atoms with E-state index < -0.39 is 12.1 Å². The Morgan fingerprint density at radius 3 is 2.76 bits per heavy atom. The van der Waals surface area contributed by atoms with Gasteiger partial charge in [0.15, 0.2) is 6.10 Å². The van der Waals surface area contributed by atoms with Gasteiger partial charge in [-0.2, -0.15) is 0 Å². The minimum absolute atomic E-state index is 0.000694. The molecule has 6 nitrogen and oxygen atoms in total. The molecule has 0 aromatic heterocycles. The highest BCUT2D eigenvalue weighted by Crippen LogP contribution is 2.18. The van der Waals surface area contributed by atoms with Crippen LogP contribution in [0.15, 0.2) is 0 Å². The Balaban J connectivity index is 1.91. The number of hydrogen-bond acceptors (Lipinski definition) is 4. The average molecular weight is 243 g/mol. The van der Waals surface area contributed by atoms with Crippen LogP contribution in [0.1, 0.15) is 12.8 Å². The maximum Gasteiger partial charge on any atom is 0.334 e. The van der Waals surface area contributed by atoms with Crippen molar-refractivity contribution in [2.45, 2.75) is 18.9 Å². The first-order chi connectivity index (χ1) is 8.18. The monoisotopic (exact) mass is 243 g/mol. The van der Waals surface area contributed by atoms with Crippen molar-refractivity contribution in [1.29, 1.82) is 0 Å². The Labute approximate surface area is 99.5 Å². The van der Waals surface area contributed by atoms with Gasteiger partial charge < -0.3 is 19.5 Å². The lowest BCUT2D eigenvalue weighted by molar-refractivity contribution is -0.161. The Hall–Kier alpha value is -1.14. The molecule has 1 N–H and O–H groups in total. The van der Waals surface area contributed by atoms with E-state index in [-0.39, 0.29) is 25.0 Å². The Morgan fingerprint density at radius 1 is 1.29 bits per heavy atom. The summed E-state index contributed by atoms with van der Waals surface area (Å²) in [5.41, 5.74) is 0. The smallest absolute Gasteiger partial charge is 0.334 e. The topological polar surface area (TPSA) is 76.1 Å². The van der Waals surface area contributed by atoms with E-state index in [1.54, 1.807) is 4.90 Å². The molecular formula is C11H17NO5. The number of aliphatic carboxylic acids is 1. The maximum atomic E-state index is 12.1. The van der Waals surface area contributed by atoms with Crippen LogP contribution < -0.4 is 0 Å². The van der Waals surface area contributed by atoms with Crippen LogP contribution in [-0.4, -0.2) is 60.9 Å². The number of ether oxygens (including phenoxy) is 2. The number of nitrogens with zero attached hydrogens (tertiary/aromatic N) is 1. The van der Waals surface area contributed by atoms with Crippen LogP contribution in [-0.2, 0) is 19.1 Å². The number of morpholine rings is 1. The fourth-order valence-electron chi connectivity index (χ4n) is 2.19. The van der Waals surface area contributed by atoms with Gasteiger partial charge in [0.05, 0.1) is 25.7 Å². The minimum atomic E-state index is -1.01. The van der Waals surface area contributed by atoms with Gasteiger partial charge in [-0.1, -0.05) is 0 Å². The van der Waals surface area contributed by atoms with E-state index in [1.807, 2.05) is 0 Å². The van der Waals surface area contributed by atoms with Crippen LogP contribution in [0.3, 0.4) is 0 Å². The van der Waals surface area contributed by atoms with E-state index in [4.69, 9.17) is 14.6 Å². The molecule has 0 saturated carbocycles. The SMILES string of the molecule is O=C(O)[C@H]1CN(C(=O)[C@@H]2CCCOC2)CCO1. The highest BCUT2D eigenvalue weighted by atomic mass is 16.5. The van der Waals surface area contributed by atoms with Gasteiger partial charge in [-0.3, -0.25) is 4.79 Å². The third-order valence-electron chi connectivity index (χ3n) is 3.16. The maximum absolute atomic E-state index is 12.1. The molecule has 0 radical (unpaired) electrons. The second-order valence-electron chi connectivity index (χ2n) is 4.40. The molecule has 0 aliphatic carbocycles. The summed E-state index contributed by atoms with van der Waals surface area (Å²) < 4.78 is 10.4. The summed E-state index contributed by atoms with van der Waals surface area (Å²) in [4.78, 5) is 24.5. The number of hydrogen-bond donors (Lipinski definition) is 1. The van der Waals surface area contributed by atoms with Gasteiger partial charge in [0.25, 0.3) is 0 Å².